The zero-order valence-electron chi connectivity index (χ0n) is 45.8. The number of hydrogen-bond acceptors (Lipinski definition) is 18. The average molecular weight is 1080 g/mol. The lowest BCUT2D eigenvalue weighted by molar-refractivity contribution is -0.150. The van der Waals surface area contributed by atoms with E-state index in [2.05, 4.69) is 43.7 Å². The summed E-state index contributed by atoms with van der Waals surface area (Å²) in [5, 5.41) is 59.2. The lowest BCUT2D eigenvalue weighted by Crippen LogP contribution is -2.27. The van der Waals surface area contributed by atoms with Crippen LogP contribution in [0.25, 0.3) is 0 Å². The molecule has 0 aliphatic carbocycles. The summed E-state index contributed by atoms with van der Waals surface area (Å²) in [6.07, 6.45) is 7.97. The van der Waals surface area contributed by atoms with Gasteiger partial charge in [-0.05, 0) is 150 Å². The number of esters is 2. The minimum atomic E-state index is -0.529. The van der Waals surface area contributed by atoms with Crippen molar-refractivity contribution in [2.24, 2.45) is 32.3 Å². The molecule has 4 rings (SSSR count). The number of nitrogens with one attached hydrogen (secondary N) is 2. The monoisotopic (exact) mass is 1080 g/mol. The molecule has 0 saturated carbocycles. The summed E-state index contributed by atoms with van der Waals surface area (Å²) in [5.41, 5.74) is 2.39. The molecule has 0 aliphatic rings. The van der Waals surface area contributed by atoms with Crippen LogP contribution < -0.4 is 20.6 Å². The molecule has 2 heterocycles. The number of pyridine rings is 2. The standard InChI is InChI=1S/C56H76N10O8S2/c1-11-15-19-41(13-3)33-65-53(69)45(29-57)39(9)51(55(65)71)63-61-43-23-25-47(35(5)27-43)75-59-31-37(7)73-49(67)21-17-18-22-50(68)74-38(8)32-60-76-48-26-24-44(28-36(48)6)62-64-52-40(10)46(30-58)54(70)66(56(52)72)34-42(14-4)20-16-12-2/h23-28,37-38,41-42,59-60,71-72H,11-22,31-34H2,1-10H3/b63-61-,64-62?. The summed E-state index contributed by atoms with van der Waals surface area (Å²) in [4.78, 5) is 53.3. The van der Waals surface area contributed by atoms with Gasteiger partial charge >= 0.3 is 11.9 Å². The minimum Gasteiger partial charge on any atom is -0.493 e. The van der Waals surface area contributed by atoms with Crippen molar-refractivity contribution in [3.8, 4) is 23.9 Å². The first-order chi connectivity index (χ1) is 36.4. The predicted molar refractivity (Wildman–Crippen MR) is 298 cm³/mol. The van der Waals surface area contributed by atoms with Crippen molar-refractivity contribution in [1.82, 2.24) is 18.6 Å². The lowest BCUT2D eigenvalue weighted by atomic mass is 9.99. The van der Waals surface area contributed by atoms with Gasteiger partial charge in [-0.3, -0.25) is 37.8 Å². The van der Waals surface area contributed by atoms with E-state index >= 15 is 0 Å². The molecule has 18 nitrogen and oxygen atoms in total. The molecule has 0 radical (unpaired) electrons. The maximum Gasteiger partial charge on any atom is 0.306 e. The first-order valence-corrected chi connectivity index (χ1v) is 28.0. The third kappa shape index (κ3) is 18.2. The van der Waals surface area contributed by atoms with Crippen LogP contribution in [0.4, 0.5) is 22.7 Å². The second kappa shape index (κ2) is 31.7. The number of benzene rings is 2. The molecule has 2 aromatic heterocycles. The number of carbonyl (C=O) groups is 2. The third-order valence-electron chi connectivity index (χ3n) is 13.1. The first kappa shape index (κ1) is 62.2. The van der Waals surface area contributed by atoms with E-state index in [-0.39, 0.29) is 95.1 Å². The fourth-order valence-electron chi connectivity index (χ4n) is 8.30. The topological polar surface area (TPSA) is 258 Å². The highest BCUT2D eigenvalue weighted by Gasteiger charge is 2.23. The number of rotatable bonds is 31. The van der Waals surface area contributed by atoms with E-state index in [1.807, 2.05) is 64.1 Å². The van der Waals surface area contributed by atoms with Gasteiger partial charge in [-0.1, -0.05) is 66.2 Å². The number of aromatic nitrogens is 2. The van der Waals surface area contributed by atoms with Crippen molar-refractivity contribution >= 4 is 58.6 Å². The van der Waals surface area contributed by atoms with Gasteiger partial charge in [0.2, 0.25) is 11.8 Å². The van der Waals surface area contributed by atoms with Crippen LogP contribution in [0.5, 0.6) is 11.8 Å². The zero-order chi connectivity index (χ0) is 55.9. The number of nitriles is 2. The van der Waals surface area contributed by atoms with Crippen molar-refractivity contribution in [2.75, 3.05) is 13.1 Å². The molecule has 4 unspecified atom stereocenters. The molecule has 0 amide bonds. The van der Waals surface area contributed by atoms with E-state index in [1.165, 1.54) is 33.0 Å². The number of unbranched alkanes of at least 4 members (excludes halogenated alkanes) is 3. The fraction of sp³-hybridized carbons (Fsp3) is 0.536. The SMILES string of the molecule is CCCCC(CC)Cn1c(O)c(N=Nc2ccc(SNCC(C)OC(=O)CCCCC(=O)OC(C)CNSc3ccc(/N=N\c4c(C)c(C#N)c(=O)n(CC(CC)CCCC)c4O)cc3C)c(C)c2)c(C)c(C#N)c1=O. The van der Waals surface area contributed by atoms with Gasteiger partial charge < -0.3 is 19.7 Å². The number of carbonyl (C=O) groups excluding carboxylic acids is 2. The lowest BCUT2D eigenvalue weighted by Gasteiger charge is -2.19. The normalized spacial score (nSPS) is 13.1. The summed E-state index contributed by atoms with van der Waals surface area (Å²) in [6.45, 7) is 20.3. The Morgan fingerprint density at radius 2 is 1.01 bits per heavy atom. The van der Waals surface area contributed by atoms with Gasteiger partial charge in [-0.2, -0.15) is 20.8 Å². The van der Waals surface area contributed by atoms with Gasteiger partial charge in [0.05, 0.1) is 11.4 Å². The van der Waals surface area contributed by atoms with Gasteiger partial charge in [0.25, 0.3) is 11.1 Å². The molecular weight excluding hydrogens is 1000 g/mol. The molecule has 0 aliphatic heterocycles. The van der Waals surface area contributed by atoms with E-state index in [9.17, 15) is 39.9 Å². The second-order valence-electron chi connectivity index (χ2n) is 19.2. The second-order valence-corrected chi connectivity index (χ2v) is 21.1. The molecule has 20 heteroatoms. The molecule has 76 heavy (non-hydrogen) atoms. The number of nitrogens with zero attached hydrogens (tertiary/aromatic N) is 8. The first-order valence-electron chi connectivity index (χ1n) is 26.4. The molecule has 2 aromatic carbocycles. The van der Waals surface area contributed by atoms with Crippen LogP contribution in [-0.2, 0) is 32.2 Å². The van der Waals surface area contributed by atoms with Crippen molar-refractivity contribution < 1.29 is 29.3 Å². The van der Waals surface area contributed by atoms with E-state index in [0.717, 1.165) is 72.3 Å². The van der Waals surface area contributed by atoms with Crippen molar-refractivity contribution in [3.63, 3.8) is 0 Å². The van der Waals surface area contributed by atoms with Crippen LogP contribution in [0.3, 0.4) is 0 Å². The van der Waals surface area contributed by atoms with Gasteiger partial charge in [0.1, 0.15) is 35.5 Å². The Balaban J connectivity index is 1.16. The molecule has 0 saturated heterocycles. The number of azo groups is 2. The quantitative estimate of drug-likeness (QED) is 0.0158. The average Bonchev–Trinajstić information content (AvgIpc) is 3.38. The third-order valence-corrected chi connectivity index (χ3v) is 15.1. The van der Waals surface area contributed by atoms with Crippen LogP contribution in [-0.4, -0.2) is 56.6 Å². The summed E-state index contributed by atoms with van der Waals surface area (Å²) >= 11 is 2.76. The Kier molecular flexibility index (Phi) is 25.9. The number of aryl methyl sites for hydroxylation is 2. The van der Waals surface area contributed by atoms with E-state index in [0.29, 0.717) is 37.3 Å². The maximum atomic E-state index is 13.1. The Morgan fingerprint density at radius 3 is 1.34 bits per heavy atom. The van der Waals surface area contributed by atoms with Crippen molar-refractivity contribution in [1.29, 1.82) is 10.5 Å². The van der Waals surface area contributed by atoms with E-state index < -0.39 is 23.3 Å². The maximum absolute atomic E-state index is 13.1. The Bertz CT molecular complexity index is 2700. The summed E-state index contributed by atoms with van der Waals surface area (Å²) in [6, 6.07) is 14.9. The smallest absolute Gasteiger partial charge is 0.306 e. The summed E-state index contributed by atoms with van der Waals surface area (Å²) in [5.74, 6) is -0.981. The molecule has 0 spiro atoms. The van der Waals surface area contributed by atoms with Gasteiger partial charge in [-0.15, -0.1) is 10.2 Å². The zero-order valence-corrected chi connectivity index (χ0v) is 47.5. The number of hydrogen-bond donors (Lipinski definition) is 4. The Labute approximate surface area is 456 Å². The molecule has 4 aromatic rings. The highest BCUT2D eigenvalue weighted by Crippen LogP contribution is 2.36. The highest BCUT2D eigenvalue weighted by molar-refractivity contribution is 7.97. The Morgan fingerprint density at radius 1 is 0.632 bits per heavy atom. The highest BCUT2D eigenvalue weighted by atomic mass is 32.2. The van der Waals surface area contributed by atoms with Gasteiger partial charge in [-0.25, -0.2) is 0 Å². The minimum absolute atomic E-state index is 0.0640. The van der Waals surface area contributed by atoms with Crippen LogP contribution >= 0.6 is 23.9 Å². The largest absolute Gasteiger partial charge is 0.493 e. The number of aromatic hydroxyl groups is 2. The number of ether oxygens (including phenoxy) is 2. The van der Waals surface area contributed by atoms with Gasteiger partial charge in [0, 0.05) is 59.9 Å². The summed E-state index contributed by atoms with van der Waals surface area (Å²) in [7, 11) is 0. The molecule has 0 fully saturated rings. The van der Waals surface area contributed by atoms with E-state index in [4.69, 9.17) is 9.47 Å². The molecule has 410 valence electrons. The molecule has 4 atom stereocenters. The van der Waals surface area contributed by atoms with Crippen molar-refractivity contribution in [3.05, 3.63) is 90.5 Å². The molecular formula is C56H76N10O8S2. The van der Waals surface area contributed by atoms with E-state index in [1.54, 1.807) is 39.8 Å². The van der Waals surface area contributed by atoms with Crippen LogP contribution in [0.2, 0.25) is 0 Å². The molecule has 0 bridgehead atoms. The molecule has 4 N–H and O–H groups in total. The van der Waals surface area contributed by atoms with Gasteiger partial charge in [0.15, 0.2) is 11.4 Å². The fourth-order valence-corrected chi connectivity index (χ4v) is 9.96. The van der Waals surface area contributed by atoms with Crippen molar-refractivity contribution in [2.45, 2.75) is 181 Å². The van der Waals surface area contributed by atoms with Crippen LogP contribution in [0.1, 0.15) is 152 Å². The van der Waals surface area contributed by atoms with Crippen LogP contribution in [0.15, 0.2) is 76.2 Å². The Hall–Kier alpha value is -6.32. The summed E-state index contributed by atoms with van der Waals surface area (Å²) < 4.78 is 20.1. The predicted octanol–water partition coefficient (Wildman–Crippen LogP) is 13.0. The van der Waals surface area contributed by atoms with Crippen LogP contribution in [0, 0.1) is 62.2 Å².